The molecule has 0 atom stereocenters. The molecule has 0 spiro atoms. The Balaban J connectivity index is 1.03. The first-order valence-corrected chi connectivity index (χ1v) is 20.7. The predicted octanol–water partition coefficient (Wildman–Crippen LogP) is 14.8. The minimum Gasteiger partial charge on any atom is -0.309 e. The summed E-state index contributed by atoms with van der Waals surface area (Å²) in [5.74, 6) is 0. The van der Waals surface area contributed by atoms with Crippen molar-refractivity contribution in [3.8, 4) is 11.1 Å². The lowest BCUT2D eigenvalue weighted by molar-refractivity contribution is 0.940. The maximum atomic E-state index is 8.94. The van der Waals surface area contributed by atoms with Crippen LogP contribution in [0.4, 0.5) is 0 Å². The van der Waals surface area contributed by atoms with Gasteiger partial charge in [-0.2, -0.15) is 0 Å². The molecule has 0 aliphatic heterocycles. The van der Waals surface area contributed by atoms with Gasteiger partial charge in [0.05, 0.1) is 16.7 Å². The minimum atomic E-state index is 0.558. The fourth-order valence-corrected chi connectivity index (χ4v) is 10.0. The van der Waals surface area contributed by atoms with Gasteiger partial charge in [-0.3, -0.25) is 0 Å². The molecule has 0 bridgehead atoms. The fourth-order valence-electron chi connectivity index (χ4n) is 8.80. The van der Waals surface area contributed by atoms with Gasteiger partial charge in [0.1, 0.15) is 0 Å². The van der Waals surface area contributed by atoms with E-state index in [1.807, 2.05) is 41.7 Å². The molecule has 2 aliphatic carbocycles. The lowest BCUT2D eigenvalue weighted by Gasteiger charge is -2.21. The average molecular weight is 739 g/mol. The van der Waals surface area contributed by atoms with E-state index in [0.717, 1.165) is 44.1 Å². The van der Waals surface area contributed by atoms with E-state index in [9.17, 15) is 0 Å². The highest BCUT2D eigenvalue weighted by atomic mass is 32.1. The molecule has 2 aliphatic rings. The number of para-hydroxylation sites is 1. The molecule has 3 heteroatoms. The number of aryl methyl sites for hydroxylation is 1. The van der Waals surface area contributed by atoms with Crippen LogP contribution in [0.15, 0.2) is 187 Å². The zero-order valence-corrected chi connectivity index (χ0v) is 32.2. The highest BCUT2D eigenvalue weighted by molar-refractivity contribution is 7.26. The van der Waals surface area contributed by atoms with Crippen LogP contribution in [0.1, 0.15) is 48.8 Å². The molecule has 0 radical (unpaired) electrons. The molecular formula is C53H42N2S. The van der Waals surface area contributed by atoms with E-state index in [0.29, 0.717) is 5.71 Å². The number of nitrogens with one attached hydrogen (secondary N) is 1. The molecule has 0 amide bonds. The number of benzene rings is 6. The van der Waals surface area contributed by atoms with Crippen molar-refractivity contribution in [3.63, 3.8) is 0 Å². The standard InChI is InChI=1S/C53H42N2S/c54-48(38-19-5-2-6-20-38)35-39(36-16-3-1-4-17-36)31-30-37-18-7-8-21-41(37)40-32-33-51-47(34-40)43-23-10-13-28-50(43)55(51)49-27-12-9-22-42(49)45-25-15-26-46-44-24-11-14-29-52(44)56-53(45)46/h2-3,5-8,10-11,13-29,32-35,54H,1,4,9,12,30-31H2/b39-35+,54-48?. The van der Waals surface area contributed by atoms with Crippen LogP contribution in [0.25, 0.3) is 64.4 Å². The summed E-state index contributed by atoms with van der Waals surface area (Å²) in [6.45, 7) is 0. The molecule has 2 aromatic heterocycles. The molecule has 10 rings (SSSR count). The van der Waals surface area contributed by atoms with Crippen LogP contribution in [0.2, 0.25) is 0 Å². The van der Waals surface area contributed by atoms with E-state index in [-0.39, 0.29) is 0 Å². The number of fused-ring (bicyclic) bond motifs is 6. The predicted molar refractivity (Wildman–Crippen MR) is 242 cm³/mol. The van der Waals surface area contributed by atoms with E-state index >= 15 is 0 Å². The van der Waals surface area contributed by atoms with Crippen LogP contribution < -0.4 is 0 Å². The molecule has 270 valence electrons. The van der Waals surface area contributed by atoms with Crippen molar-refractivity contribution in [3.05, 3.63) is 204 Å². The zero-order chi connectivity index (χ0) is 37.4. The fraction of sp³-hybridized carbons (Fsp3) is 0.113. The number of allylic oxidation sites excluding steroid dienone is 10. The van der Waals surface area contributed by atoms with Crippen LogP contribution >= 0.6 is 11.3 Å². The van der Waals surface area contributed by atoms with E-state index < -0.39 is 0 Å². The summed E-state index contributed by atoms with van der Waals surface area (Å²) in [6.07, 6.45) is 19.8. The third-order valence-corrected chi connectivity index (χ3v) is 12.7. The number of nitrogens with zero attached hydrogens (tertiary/aromatic N) is 1. The van der Waals surface area contributed by atoms with E-state index in [1.54, 1.807) is 0 Å². The van der Waals surface area contributed by atoms with Crippen LogP contribution in [-0.4, -0.2) is 10.3 Å². The Kier molecular flexibility index (Phi) is 9.01. The van der Waals surface area contributed by atoms with Gasteiger partial charge in [0.25, 0.3) is 0 Å². The molecule has 6 aromatic carbocycles. The molecule has 2 heterocycles. The number of rotatable bonds is 9. The number of thiophene rings is 1. The monoisotopic (exact) mass is 738 g/mol. The van der Waals surface area contributed by atoms with Gasteiger partial charge in [-0.15, -0.1) is 11.3 Å². The number of hydrogen-bond donors (Lipinski definition) is 1. The number of hydrogen-bond acceptors (Lipinski definition) is 2. The van der Waals surface area contributed by atoms with Gasteiger partial charge in [-0.05, 0) is 102 Å². The second-order valence-electron chi connectivity index (χ2n) is 14.9. The van der Waals surface area contributed by atoms with E-state index in [1.165, 1.54) is 86.6 Å². The zero-order valence-electron chi connectivity index (χ0n) is 31.3. The van der Waals surface area contributed by atoms with Crippen molar-refractivity contribution < 1.29 is 0 Å². The van der Waals surface area contributed by atoms with Crippen LogP contribution in [0, 0.1) is 5.41 Å². The van der Waals surface area contributed by atoms with Crippen molar-refractivity contribution in [2.45, 2.75) is 38.5 Å². The van der Waals surface area contributed by atoms with Crippen molar-refractivity contribution in [1.82, 2.24) is 4.57 Å². The van der Waals surface area contributed by atoms with Gasteiger partial charge in [-0.1, -0.05) is 146 Å². The highest BCUT2D eigenvalue weighted by Crippen LogP contribution is 2.45. The summed E-state index contributed by atoms with van der Waals surface area (Å²) in [7, 11) is 0. The topological polar surface area (TPSA) is 28.8 Å². The highest BCUT2D eigenvalue weighted by Gasteiger charge is 2.22. The second kappa shape index (κ2) is 14.7. The van der Waals surface area contributed by atoms with Gasteiger partial charge in [0.2, 0.25) is 0 Å². The molecule has 0 saturated carbocycles. The molecule has 56 heavy (non-hydrogen) atoms. The molecule has 8 aromatic rings. The Hall–Kier alpha value is -6.29. The summed E-state index contributed by atoms with van der Waals surface area (Å²) in [5, 5.41) is 14.2. The summed E-state index contributed by atoms with van der Waals surface area (Å²) < 4.78 is 5.21. The molecular weight excluding hydrogens is 697 g/mol. The third kappa shape index (κ3) is 6.19. The van der Waals surface area contributed by atoms with Gasteiger partial charge in [0, 0.05) is 47.8 Å². The van der Waals surface area contributed by atoms with Gasteiger partial charge >= 0.3 is 0 Å². The van der Waals surface area contributed by atoms with Crippen LogP contribution in [0.3, 0.4) is 0 Å². The summed E-state index contributed by atoms with van der Waals surface area (Å²) in [4.78, 5) is 0. The lowest BCUT2D eigenvalue weighted by atomic mass is 9.90. The molecule has 0 fully saturated rings. The smallest absolute Gasteiger partial charge is 0.0615 e. The van der Waals surface area contributed by atoms with E-state index in [2.05, 4.69) is 150 Å². The van der Waals surface area contributed by atoms with Gasteiger partial charge < -0.3 is 9.98 Å². The summed E-state index contributed by atoms with van der Waals surface area (Å²) in [6, 6.07) is 50.6. The Morgan fingerprint density at radius 2 is 1.36 bits per heavy atom. The lowest BCUT2D eigenvalue weighted by Crippen LogP contribution is -2.03. The van der Waals surface area contributed by atoms with Gasteiger partial charge in [0.15, 0.2) is 0 Å². The molecule has 0 unspecified atom stereocenters. The van der Waals surface area contributed by atoms with Crippen molar-refractivity contribution in [2.75, 3.05) is 0 Å². The summed E-state index contributed by atoms with van der Waals surface area (Å²) >= 11 is 1.91. The first-order chi connectivity index (χ1) is 27.7. The first-order valence-electron chi connectivity index (χ1n) is 19.9. The largest absolute Gasteiger partial charge is 0.309 e. The Morgan fingerprint density at radius 1 is 0.625 bits per heavy atom. The Bertz CT molecular complexity index is 2980. The Labute approximate surface area is 332 Å². The van der Waals surface area contributed by atoms with Crippen LogP contribution in [0.5, 0.6) is 0 Å². The molecule has 1 N–H and O–H groups in total. The maximum Gasteiger partial charge on any atom is 0.0615 e. The van der Waals surface area contributed by atoms with Crippen LogP contribution in [-0.2, 0) is 6.42 Å². The normalized spacial score (nSPS) is 14.7. The second-order valence-corrected chi connectivity index (χ2v) is 15.9. The van der Waals surface area contributed by atoms with Crippen molar-refractivity contribution in [1.29, 1.82) is 5.41 Å². The maximum absolute atomic E-state index is 8.94. The SMILES string of the molecule is N=C(/C=C(\CCc1ccccc1-c1ccc2c(c1)c1ccccc1n2C1=CCCC=C1c1cccc2c1sc1ccccc12)C1=CCCC=C1)c1ccccc1. The number of aromatic nitrogens is 1. The first kappa shape index (κ1) is 34.2. The molecule has 2 nitrogen and oxygen atoms in total. The van der Waals surface area contributed by atoms with Crippen molar-refractivity contribution >= 4 is 70.3 Å². The average Bonchev–Trinajstić information content (AvgIpc) is 3.81. The van der Waals surface area contributed by atoms with E-state index in [4.69, 9.17) is 5.41 Å². The van der Waals surface area contributed by atoms with Crippen molar-refractivity contribution in [2.24, 2.45) is 0 Å². The minimum absolute atomic E-state index is 0.558. The quantitative estimate of drug-likeness (QED) is 0.143. The third-order valence-electron chi connectivity index (χ3n) is 11.5. The van der Waals surface area contributed by atoms with Gasteiger partial charge in [-0.25, -0.2) is 0 Å². The Morgan fingerprint density at radius 3 is 2.25 bits per heavy atom. The molecule has 0 saturated heterocycles. The summed E-state index contributed by atoms with van der Waals surface area (Å²) in [5.41, 5.74) is 14.2.